The fourth-order valence-electron chi connectivity index (χ4n) is 0.892. The van der Waals surface area contributed by atoms with Crippen molar-refractivity contribution in [2.45, 2.75) is 30.5 Å². The van der Waals surface area contributed by atoms with E-state index in [-0.39, 0.29) is 10.9 Å². The lowest BCUT2D eigenvalue weighted by atomic mass is 10.2. The fraction of sp³-hybridized carbons (Fsp3) is 0.400. The topological polar surface area (TPSA) is 80.4 Å². The van der Waals surface area contributed by atoms with Gasteiger partial charge in [-0.3, -0.25) is 4.55 Å². The van der Waals surface area contributed by atoms with Gasteiger partial charge in [0.25, 0.3) is 10.1 Å². The second-order valence-corrected chi connectivity index (χ2v) is 5.13. The van der Waals surface area contributed by atoms with E-state index in [1.165, 1.54) is 12.1 Å². The summed E-state index contributed by atoms with van der Waals surface area (Å²) in [6.07, 6.45) is -0.0880. The highest BCUT2D eigenvalue weighted by atomic mass is 32.2. The van der Waals surface area contributed by atoms with Crippen LogP contribution in [0.1, 0.15) is 12.0 Å². The number of benzene rings is 1. The summed E-state index contributed by atoms with van der Waals surface area (Å²) in [7, 11) is -4.02. The van der Waals surface area contributed by atoms with Crippen LogP contribution in [0.15, 0.2) is 29.2 Å². The summed E-state index contributed by atoms with van der Waals surface area (Å²) in [5, 5.41) is 0. The van der Waals surface area contributed by atoms with Gasteiger partial charge in [-0.15, -0.1) is 0 Å². The van der Waals surface area contributed by atoms with Crippen LogP contribution >= 0.6 is 0 Å². The molecular formula is C10H14FNO3S. The lowest BCUT2D eigenvalue weighted by Crippen LogP contribution is -2.00. The molecule has 0 aliphatic heterocycles. The van der Waals surface area contributed by atoms with Crippen LogP contribution in [0, 0.1) is 6.92 Å². The molecule has 2 rings (SSSR count). The van der Waals surface area contributed by atoms with E-state index in [0.29, 0.717) is 6.42 Å². The first-order valence-electron chi connectivity index (χ1n) is 4.74. The summed E-state index contributed by atoms with van der Waals surface area (Å²) in [5.41, 5.74) is 5.95. The molecule has 0 aromatic heterocycles. The zero-order valence-corrected chi connectivity index (χ0v) is 9.61. The molecule has 1 saturated carbocycles. The van der Waals surface area contributed by atoms with Gasteiger partial charge in [-0.25, -0.2) is 4.39 Å². The average Bonchev–Trinajstić information content (AvgIpc) is 2.79. The number of rotatable bonds is 1. The molecule has 90 valence electrons. The largest absolute Gasteiger partial charge is 0.325 e. The van der Waals surface area contributed by atoms with Crippen LogP contribution < -0.4 is 5.73 Å². The average molecular weight is 247 g/mol. The number of nitrogens with two attached hydrogens (primary N) is 1. The van der Waals surface area contributed by atoms with Crippen molar-refractivity contribution in [3.63, 3.8) is 0 Å². The monoisotopic (exact) mass is 247 g/mol. The summed E-state index contributed by atoms with van der Waals surface area (Å²) in [5.74, 6) is 0. The minimum atomic E-state index is -4.02. The highest BCUT2D eigenvalue weighted by Gasteiger charge is 2.32. The van der Waals surface area contributed by atoms with E-state index in [0.717, 1.165) is 5.56 Å². The zero-order chi connectivity index (χ0) is 12.3. The third-order valence-electron chi connectivity index (χ3n) is 2.08. The van der Waals surface area contributed by atoms with E-state index < -0.39 is 16.3 Å². The fourth-order valence-corrected chi connectivity index (χ4v) is 1.37. The first-order valence-corrected chi connectivity index (χ1v) is 6.18. The molecule has 0 heterocycles. The first kappa shape index (κ1) is 13.1. The predicted octanol–water partition coefficient (Wildman–Crippen LogP) is 1.30. The number of aryl methyl sites for hydroxylation is 1. The number of hydrogen-bond acceptors (Lipinski definition) is 3. The molecule has 2 atom stereocenters. The molecule has 1 aliphatic carbocycles. The van der Waals surface area contributed by atoms with Crippen LogP contribution in [0.2, 0.25) is 0 Å². The Balaban J connectivity index is 0.000000212. The van der Waals surface area contributed by atoms with Gasteiger partial charge >= 0.3 is 0 Å². The predicted molar refractivity (Wildman–Crippen MR) is 58.5 cm³/mol. The van der Waals surface area contributed by atoms with Crippen molar-refractivity contribution in [1.82, 2.24) is 0 Å². The molecular weight excluding hydrogens is 233 g/mol. The van der Waals surface area contributed by atoms with Gasteiger partial charge in [0.1, 0.15) is 6.17 Å². The Hall–Kier alpha value is -0.980. The smallest absolute Gasteiger partial charge is 0.294 e. The minimum absolute atomic E-state index is 0.0666. The van der Waals surface area contributed by atoms with Crippen LogP contribution in [0.25, 0.3) is 0 Å². The van der Waals surface area contributed by atoms with Gasteiger partial charge in [0.05, 0.1) is 4.90 Å². The molecule has 6 heteroatoms. The van der Waals surface area contributed by atoms with E-state index in [4.69, 9.17) is 10.3 Å². The lowest BCUT2D eigenvalue weighted by Gasteiger charge is -1.95. The quantitative estimate of drug-likeness (QED) is 0.733. The number of hydrogen-bond donors (Lipinski definition) is 2. The third kappa shape index (κ3) is 4.26. The van der Waals surface area contributed by atoms with E-state index in [2.05, 4.69) is 0 Å². The maximum Gasteiger partial charge on any atom is 0.294 e. The van der Waals surface area contributed by atoms with Gasteiger partial charge in [-0.2, -0.15) is 8.42 Å². The van der Waals surface area contributed by atoms with Crippen molar-refractivity contribution in [1.29, 1.82) is 0 Å². The standard InChI is InChI=1S/C7H8O3S.C3H6FN/c1-6-2-4-7(5-3-6)11(8,9)10;4-2-1-3(2)5/h2-5H,1H3,(H,8,9,10);2-3H,1,5H2/t;2-,3-/m.1/s1. The van der Waals surface area contributed by atoms with Gasteiger partial charge in [-0.05, 0) is 25.5 Å². The van der Waals surface area contributed by atoms with Gasteiger partial charge in [0.2, 0.25) is 0 Å². The van der Waals surface area contributed by atoms with Crippen LogP contribution in [-0.4, -0.2) is 25.2 Å². The molecule has 0 amide bonds. The van der Waals surface area contributed by atoms with E-state index >= 15 is 0 Å². The molecule has 0 bridgehead atoms. The van der Waals surface area contributed by atoms with Gasteiger partial charge < -0.3 is 5.73 Å². The van der Waals surface area contributed by atoms with Crippen molar-refractivity contribution in [3.8, 4) is 0 Å². The molecule has 1 aromatic carbocycles. The van der Waals surface area contributed by atoms with Crippen molar-refractivity contribution in [3.05, 3.63) is 29.8 Å². The maximum absolute atomic E-state index is 11.4. The SMILES string of the molecule is Cc1ccc(S(=O)(=O)O)cc1.N[C@@H]1C[C@H]1F. The summed E-state index contributed by atoms with van der Waals surface area (Å²) in [6.45, 7) is 1.84. The molecule has 0 spiro atoms. The van der Waals surface area contributed by atoms with E-state index in [1.807, 2.05) is 6.92 Å². The van der Waals surface area contributed by atoms with Gasteiger partial charge in [0, 0.05) is 6.04 Å². The summed E-state index contributed by atoms with van der Waals surface area (Å²) < 4.78 is 40.9. The highest BCUT2D eigenvalue weighted by molar-refractivity contribution is 7.85. The summed E-state index contributed by atoms with van der Waals surface area (Å²) >= 11 is 0. The van der Waals surface area contributed by atoms with Crippen LogP contribution in [0.3, 0.4) is 0 Å². The maximum atomic E-state index is 11.4. The Morgan fingerprint density at radius 3 is 2.00 bits per heavy atom. The summed E-state index contributed by atoms with van der Waals surface area (Å²) in [4.78, 5) is -0.0666. The van der Waals surface area contributed by atoms with E-state index in [9.17, 15) is 12.8 Å². The molecule has 0 unspecified atom stereocenters. The third-order valence-corrected chi connectivity index (χ3v) is 2.95. The van der Waals surface area contributed by atoms with Gasteiger partial charge in [0.15, 0.2) is 0 Å². The second-order valence-electron chi connectivity index (χ2n) is 3.70. The van der Waals surface area contributed by atoms with Crippen LogP contribution in [0.5, 0.6) is 0 Å². The Morgan fingerprint density at radius 1 is 1.38 bits per heavy atom. The lowest BCUT2D eigenvalue weighted by molar-refractivity contribution is 0.467. The first-order chi connectivity index (χ1) is 7.30. The molecule has 0 radical (unpaired) electrons. The Bertz CT molecular complexity index is 438. The minimum Gasteiger partial charge on any atom is -0.325 e. The molecule has 1 aliphatic rings. The highest BCUT2D eigenvalue weighted by Crippen LogP contribution is 2.21. The Morgan fingerprint density at radius 2 is 1.75 bits per heavy atom. The van der Waals surface area contributed by atoms with Crippen molar-refractivity contribution in [2.24, 2.45) is 5.73 Å². The Labute approximate surface area is 94.0 Å². The number of halogens is 1. The van der Waals surface area contributed by atoms with Crippen molar-refractivity contribution >= 4 is 10.1 Å². The van der Waals surface area contributed by atoms with Gasteiger partial charge in [-0.1, -0.05) is 17.7 Å². The Kier molecular flexibility index (Phi) is 4.01. The van der Waals surface area contributed by atoms with Crippen LogP contribution in [-0.2, 0) is 10.1 Å². The molecule has 1 fully saturated rings. The second kappa shape index (κ2) is 4.90. The molecule has 4 nitrogen and oxygen atoms in total. The van der Waals surface area contributed by atoms with Crippen molar-refractivity contribution in [2.75, 3.05) is 0 Å². The zero-order valence-electron chi connectivity index (χ0n) is 8.80. The molecule has 16 heavy (non-hydrogen) atoms. The van der Waals surface area contributed by atoms with Crippen LogP contribution in [0.4, 0.5) is 4.39 Å². The molecule has 1 aromatic rings. The normalized spacial score (nSPS) is 23.2. The summed E-state index contributed by atoms with van der Waals surface area (Å²) in [6, 6.07) is 5.87. The molecule has 3 N–H and O–H groups in total. The van der Waals surface area contributed by atoms with Crippen molar-refractivity contribution < 1.29 is 17.4 Å². The molecule has 0 saturated heterocycles. The number of alkyl halides is 1. The van der Waals surface area contributed by atoms with E-state index in [1.54, 1.807) is 12.1 Å².